The number of primary amides is 1. The van der Waals surface area contributed by atoms with E-state index in [0.717, 1.165) is 22.2 Å². The Morgan fingerprint density at radius 1 is 1.10 bits per heavy atom. The van der Waals surface area contributed by atoms with Gasteiger partial charge in [0.1, 0.15) is 17.6 Å². The Hall–Kier alpha value is -4.20. The van der Waals surface area contributed by atoms with Gasteiger partial charge in [0.25, 0.3) is 11.8 Å². The predicted octanol–water partition coefficient (Wildman–Crippen LogP) is 2.06. The number of nitrogens with two attached hydrogens (primary N) is 1. The number of aromatic nitrogens is 3. The number of aryl methyl sites for hydroxylation is 1. The first-order valence-electron chi connectivity index (χ1n) is 9.75. The van der Waals surface area contributed by atoms with Crippen LogP contribution in [0, 0.1) is 6.92 Å². The summed E-state index contributed by atoms with van der Waals surface area (Å²) in [4.78, 5) is 44.6. The number of nitrogens with zero attached hydrogens (tertiary/aromatic N) is 2. The molecule has 0 radical (unpaired) electrons. The fourth-order valence-corrected chi connectivity index (χ4v) is 3.63. The summed E-state index contributed by atoms with van der Waals surface area (Å²) in [6, 6.07) is 15.7. The van der Waals surface area contributed by atoms with E-state index >= 15 is 0 Å². The Morgan fingerprint density at radius 2 is 1.87 bits per heavy atom. The van der Waals surface area contributed by atoms with Crippen molar-refractivity contribution in [3.05, 3.63) is 84.1 Å². The van der Waals surface area contributed by atoms with Crippen molar-refractivity contribution in [3.8, 4) is 5.69 Å². The summed E-state index contributed by atoms with van der Waals surface area (Å²) in [5.74, 6) is -1.87. The van der Waals surface area contributed by atoms with Gasteiger partial charge in [0, 0.05) is 18.0 Å². The van der Waals surface area contributed by atoms with Crippen LogP contribution in [0.3, 0.4) is 0 Å². The van der Waals surface area contributed by atoms with Gasteiger partial charge >= 0.3 is 0 Å². The molecule has 0 aliphatic carbocycles. The number of imidazole rings is 1. The van der Waals surface area contributed by atoms with Crippen LogP contribution in [-0.4, -0.2) is 38.2 Å². The molecule has 31 heavy (non-hydrogen) atoms. The number of Topliss-reactive ketones (excluding diaryl/α,β-unsaturated/α-hetero) is 1. The largest absolute Gasteiger partial charge is 0.363 e. The van der Waals surface area contributed by atoms with Crippen molar-refractivity contribution in [3.63, 3.8) is 0 Å². The number of hydrogen-bond donors (Lipinski definition) is 3. The first-order chi connectivity index (χ1) is 15.0. The molecule has 0 saturated heterocycles. The second kappa shape index (κ2) is 8.27. The minimum absolute atomic E-state index is 0.147. The zero-order chi connectivity index (χ0) is 22.0. The molecule has 2 heterocycles. The summed E-state index contributed by atoms with van der Waals surface area (Å²) >= 11 is 0. The highest BCUT2D eigenvalue weighted by Crippen LogP contribution is 2.24. The molecule has 0 aliphatic heterocycles. The highest BCUT2D eigenvalue weighted by Gasteiger charge is 2.27. The molecule has 8 nitrogen and oxygen atoms in total. The standard InChI is InChI=1S/C23H21N5O3/c1-14-26-13-19(28(14)18-9-5-8-16-10-11-25-20(16)18)23(31)27-17(21(29)22(24)30)12-15-6-3-2-4-7-15/h2-11,13,17,25H,12H2,1H3,(H2,24,30)(H,27,31). The summed E-state index contributed by atoms with van der Waals surface area (Å²) in [7, 11) is 0. The van der Waals surface area contributed by atoms with E-state index in [2.05, 4.69) is 15.3 Å². The zero-order valence-corrected chi connectivity index (χ0v) is 16.8. The Kier molecular flexibility index (Phi) is 5.36. The molecule has 4 rings (SSSR count). The second-order valence-corrected chi connectivity index (χ2v) is 7.19. The third kappa shape index (κ3) is 3.95. The molecule has 4 aromatic rings. The number of rotatable bonds is 7. The van der Waals surface area contributed by atoms with Crippen molar-refractivity contribution in [2.75, 3.05) is 0 Å². The van der Waals surface area contributed by atoms with E-state index in [1.807, 2.05) is 60.8 Å². The quantitative estimate of drug-likeness (QED) is 0.400. The van der Waals surface area contributed by atoms with E-state index in [4.69, 9.17) is 5.73 Å². The fraction of sp³-hybridized carbons (Fsp3) is 0.130. The molecule has 0 saturated carbocycles. The molecule has 1 atom stereocenters. The van der Waals surface area contributed by atoms with Crippen LogP contribution in [0.4, 0.5) is 0 Å². The molecule has 0 fully saturated rings. The lowest BCUT2D eigenvalue weighted by molar-refractivity contribution is -0.137. The average Bonchev–Trinajstić information content (AvgIpc) is 3.39. The van der Waals surface area contributed by atoms with Crippen LogP contribution >= 0.6 is 0 Å². The number of hydrogen-bond acceptors (Lipinski definition) is 4. The van der Waals surface area contributed by atoms with Crippen molar-refractivity contribution in [2.45, 2.75) is 19.4 Å². The summed E-state index contributed by atoms with van der Waals surface area (Å²) in [5, 5.41) is 3.66. The second-order valence-electron chi connectivity index (χ2n) is 7.19. The number of carbonyl (C=O) groups excluding carboxylic acids is 3. The first-order valence-corrected chi connectivity index (χ1v) is 9.75. The number of amides is 2. The van der Waals surface area contributed by atoms with Gasteiger partial charge < -0.3 is 16.0 Å². The summed E-state index contributed by atoms with van der Waals surface area (Å²) < 4.78 is 1.71. The summed E-state index contributed by atoms with van der Waals surface area (Å²) in [6.07, 6.45) is 3.41. The van der Waals surface area contributed by atoms with Crippen molar-refractivity contribution in [1.82, 2.24) is 19.9 Å². The monoisotopic (exact) mass is 415 g/mol. The van der Waals surface area contributed by atoms with Gasteiger partial charge in [-0.3, -0.25) is 19.0 Å². The minimum atomic E-state index is -1.10. The average molecular weight is 415 g/mol. The maximum atomic E-state index is 13.2. The van der Waals surface area contributed by atoms with Crippen LogP contribution in [0.5, 0.6) is 0 Å². The Morgan fingerprint density at radius 3 is 2.61 bits per heavy atom. The van der Waals surface area contributed by atoms with Crippen LogP contribution in [0.15, 0.2) is 67.0 Å². The molecule has 0 aliphatic rings. The number of nitrogens with one attached hydrogen (secondary N) is 2. The molecular weight excluding hydrogens is 394 g/mol. The number of para-hydroxylation sites is 1. The number of fused-ring (bicyclic) bond motifs is 1. The van der Waals surface area contributed by atoms with Gasteiger partial charge in [-0.15, -0.1) is 0 Å². The number of aromatic amines is 1. The van der Waals surface area contributed by atoms with E-state index in [1.54, 1.807) is 11.5 Å². The lowest BCUT2D eigenvalue weighted by Gasteiger charge is -2.17. The van der Waals surface area contributed by atoms with E-state index in [0.29, 0.717) is 5.82 Å². The minimum Gasteiger partial charge on any atom is -0.363 e. The highest BCUT2D eigenvalue weighted by molar-refractivity contribution is 6.38. The fourth-order valence-electron chi connectivity index (χ4n) is 3.63. The summed E-state index contributed by atoms with van der Waals surface area (Å²) in [5.41, 5.74) is 7.87. The van der Waals surface area contributed by atoms with E-state index in [1.165, 1.54) is 6.20 Å². The molecule has 4 N–H and O–H groups in total. The van der Waals surface area contributed by atoms with Gasteiger partial charge in [0.05, 0.1) is 17.4 Å². The van der Waals surface area contributed by atoms with Gasteiger partial charge in [-0.05, 0) is 24.6 Å². The van der Waals surface area contributed by atoms with Gasteiger partial charge in [0.15, 0.2) is 0 Å². The Labute approximate surface area is 178 Å². The van der Waals surface area contributed by atoms with Crippen LogP contribution in [-0.2, 0) is 16.0 Å². The lowest BCUT2D eigenvalue weighted by atomic mass is 10.0. The van der Waals surface area contributed by atoms with Gasteiger partial charge in [0.2, 0.25) is 5.78 Å². The van der Waals surface area contributed by atoms with E-state index in [9.17, 15) is 14.4 Å². The third-order valence-electron chi connectivity index (χ3n) is 5.12. The Balaban J connectivity index is 1.68. The lowest BCUT2D eigenvalue weighted by Crippen LogP contribution is -2.47. The maximum absolute atomic E-state index is 13.2. The van der Waals surface area contributed by atoms with Crippen molar-refractivity contribution >= 4 is 28.5 Å². The molecule has 0 bridgehead atoms. The predicted molar refractivity (Wildman–Crippen MR) is 116 cm³/mol. The number of ketones is 1. The molecule has 8 heteroatoms. The van der Waals surface area contributed by atoms with Gasteiger partial charge in [-0.1, -0.05) is 42.5 Å². The van der Waals surface area contributed by atoms with Crippen LogP contribution in [0.2, 0.25) is 0 Å². The van der Waals surface area contributed by atoms with Crippen LogP contribution < -0.4 is 11.1 Å². The van der Waals surface area contributed by atoms with E-state index < -0.39 is 23.6 Å². The number of H-pyrrole nitrogens is 1. The van der Waals surface area contributed by atoms with Gasteiger partial charge in [-0.25, -0.2) is 4.98 Å². The molecule has 0 spiro atoms. The van der Waals surface area contributed by atoms with Gasteiger partial charge in [-0.2, -0.15) is 0 Å². The normalized spacial score (nSPS) is 11.9. The zero-order valence-electron chi connectivity index (χ0n) is 16.8. The molecule has 2 aromatic carbocycles. The van der Waals surface area contributed by atoms with Crippen molar-refractivity contribution in [2.24, 2.45) is 5.73 Å². The molecule has 156 valence electrons. The smallest absolute Gasteiger partial charge is 0.287 e. The molecule has 2 aromatic heterocycles. The van der Waals surface area contributed by atoms with Crippen molar-refractivity contribution in [1.29, 1.82) is 0 Å². The molecular formula is C23H21N5O3. The van der Waals surface area contributed by atoms with Crippen molar-refractivity contribution < 1.29 is 14.4 Å². The van der Waals surface area contributed by atoms with Crippen LogP contribution in [0.25, 0.3) is 16.6 Å². The maximum Gasteiger partial charge on any atom is 0.287 e. The molecule has 1 unspecified atom stereocenters. The highest BCUT2D eigenvalue weighted by atomic mass is 16.2. The van der Waals surface area contributed by atoms with E-state index in [-0.39, 0.29) is 12.1 Å². The van der Waals surface area contributed by atoms with Crippen LogP contribution in [0.1, 0.15) is 21.9 Å². The topological polar surface area (TPSA) is 123 Å². The Bertz CT molecular complexity index is 1270. The SMILES string of the molecule is Cc1ncc(C(=O)NC(Cc2ccccc2)C(=O)C(N)=O)n1-c1cccc2cc[nH]c12. The third-order valence-corrected chi connectivity index (χ3v) is 5.12. The summed E-state index contributed by atoms with van der Waals surface area (Å²) in [6.45, 7) is 1.79. The number of benzene rings is 2. The first kappa shape index (κ1) is 20.1. The molecule has 2 amide bonds. The number of carbonyl (C=O) groups is 3.